The van der Waals surface area contributed by atoms with E-state index in [1.165, 1.54) is 0 Å². The summed E-state index contributed by atoms with van der Waals surface area (Å²) in [4.78, 5) is 17.3. The predicted molar refractivity (Wildman–Crippen MR) is 123 cm³/mol. The van der Waals surface area contributed by atoms with E-state index in [0.717, 1.165) is 43.2 Å². The van der Waals surface area contributed by atoms with E-state index in [-0.39, 0.29) is 12.5 Å². The number of para-hydroxylation sites is 1. The van der Waals surface area contributed by atoms with Crippen LogP contribution in [0.1, 0.15) is 21.6 Å². The van der Waals surface area contributed by atoms with Crippen LogP contribution in [0.2, 0.25) is 0 Å². The summed E-state index contributed by atoms with van der Waals surface area (Å²) in [6.07, 6.45) is 1.56. The van der Waals surface area contributed by atoms with E-state index in [0.29, 0.717) is 23.4 Å². The molecule has 8 nitrogen and oxygen atoms in total. The van der Waals surface area contributed by atoms with Gasteiger partial charge in [-0.25, -0.2) is 4.68 Å². The Morgan fingerprint density at radius 3 is 2.59 bits per heavy atom. The van der Waals surface area contributed by atoms with Crippen LogP contribution in [-0.2, 0) is 0 Å². The van der Waals surface area contributed by atoms with Gasteiger partial charge in [0.2, 0.25) is 0 Å². The lowest BCUT2D eigenvalue weighted by Gasteiger charge is -2.36. The van der Waals surface area contributed by atoms with Gasteiger partial charge in [-0.05, 0) is 37.3 Å². The van der Waals surface area contributed by atoms with Crippen molar-refractivity contribution < 1.29 is 9.90 Å². The van der Waals surface area contributed by atoms with Crippen molar-refractivity contribution >= 4 is 17.3 Å². The zero-order valence-corrected chi connectivity index (χ0v) is 18.0. The number of benzene rings is 2. The number of hydrogen-bond acceptors (Lipinski definition) is 6. The molecule has 2 heterocycles. The molecule has 0 aliphatic carbocycles. The molecule has 1 aliphatic rings. The fourth-order valence-corrected chi connectivity index (χ4v) is 3.99. The summed E-state index contributed by atoms with van der Waals surface area (Å²) in [5.41, 5.74) is 4.07. The average molecular weight is 431 g/mol. The minimum absolute atomic E-state index is 0.154. The van der Waals surface area contributed by atoms with Crippen LogP contribution in [0.15, 0.2) is 54.7 Å². The number of rotatable bonds is 6. The molecule has 4 rings (SSSR count). The molecule has 164 valence electrons. The first-order chi connectivity index (χ1) is 15.6. The number of aliphatic hydroxyl groups excluding tert-OH is 1. The highest BCUT2D eigenvalue weighted by atomic mass is 16.3. The zero-order chi connectivity index (χ0) is 22.5. The van der Waals surface area contributed by atoms with Crippen molar-refractivity contribution in [3.05, 3.63) is 71.5 Å². The van der Waals surface area contributed by atoms with Gasteiger partial charge in [0.05, 0.1) is 41.0 Å². The van der Waals surface area contributed by atoms with E-state index in [2.05, 4.69) is 26.3 Å². The number of carbonyl (C=O) groups excluding carboxylic acids is 1. The van der Waals surface area contributed by atoms with Crippen molar-refractivity contribution in [2.24, 2.45) is 0 Å². The first kappa shape index (κ1) is 21.6. The lowest BCUT2D eigenvalue weighted by molar-refractivity contribution is 0.102. The number of hydrogen-bond donors (Lipinski definition) is 2. The molecule has 0 bridgehead atoms. The smallest absolute Gasteiger partial charge is 0.259 e. The zero-order valence-electron chi connectivity index (χ0n) is 18.0. The molecule has 8 heteroatoms. The van der Waals surface area contributed by atoms with Gasteiger partial charge in [-0.1, -0.05) is 18.2 Å². The van der Waals surface area contributed by atoms with Gasteiger partial charge in [-0.15, -0.1) is 0 Å². The Balaban J connectivity index is 1.48. The summed E-state index contributed by atoms with van der Waals surface area (Å²) < 4.78 is 1.73. The minimum Gasteiger partial charge on any atom is -0.395 e. The van der Waals surface area contributed by atoms with Gasteiger partial charge < -0.3 is 15.3 Å². The fourth-order valence-electron chi connectivity index (χ4n) is 3.99. The Kier molecular flexibility index (Phi) is 6.50. The molecule has 0 unspecified atom stereocenters. The maximum Gasteiger partial charge on any atom is 0.259 e. The normalized spacial score (nSPS) is 14.2. The summed E-state index contributed by atoms with van der Waals surface area (Å²) in [5, 5.41) is 26.0. The molecular weight excluding hydrogens is 404 g/mol. The molecule has 0 radical (unpaired) electrons. The van der Waals surface area contributed by atoms with E-state index in [1.54, 1.807) is 16.9 Å². The van der Waals surface area contributed by atoms with Gasteiger partial charge in [0.25, 0.3) is 5.91 Å². The molecular formula is C24H26N6O2. The second kappa shape index (κ2) is 9.64. The lowest BCUT2D eigenvalue weighted by atomic mass is 10.1. The standard InChI is InChI=1S/C24H26N6O2/c1-18-22(17-26-30(18)21-5-3-2-4-6-21)24(32)27-20-7-8-23(19(15-20)16-25)29-11-9-28(10-12-29)13-14-31/h2-8,15,17,31H,9-14H2,1H3,(H,27,32). The molecule has 0 spiro atoms. The van der Waals surface area contributed by atoms with Crippen molar-refractivity contribution in [2.45, 2.75) is 6.92 Å². The van der Waals surface area contributed by atoms with Gasteiger partial charge in [-0.2, -0.15) is 10.4 Å². The number of β-amino-alcohol motifs (C(OH)–C–C–N with tert-alkyl or cyclic N) is 1. The van der Waals surface area contributed by atoms with Gasteiger partial charge in [-0.3, -0.25) is 9.69 Å². The Morgan fingerprint density at radius 1 is 1.16 bits per heavy atom. The number of anilines is 2. The quantitative estimate of drug-likeness (QED) is 0.623. The Labute approximate surface area is 187 Å². The number of aromatic nitrogens is 2. The third-order valence-electron chi connectivity index (χ3n) is 5.76. The molecule has 0 atom stereocenters. The molecule has 1 aliphatic heterocycles. The third-order valence-corrected chi connectivity index (χ3v) is 5.76. The molecule has 1 aromatic heterocycles. The summed E-state index contributed by atoms with van der Waals surface area (Å²) in [6.45, 7) is 5.95. The number of nitrogens with one attached hydrogen (secondary N) is 1. The summed E-state index contributed by atoms with van der Waals surface area (Å²) in [6, 6.07) is 17.3. The van der Waals surface area contributed by atoms with E-state index in [1.807, 2.05) is 49.4 Å². The summed E-state index contributed by atoms with van der Waals surface area (Å²) in [5.74, 6) is -0.265. The van der Waals surface area contributed by atoms with Crippen LogP contribution < -0.4 is 10.2 Å². The maximum absolute atomic E-state index is 12.9. The van der Waals surface area contributed by atoms with Crippen LogP contribution in [0.25, 0.3) is 5.69 Å². The topological polar surface area (TPSA) is 97.4 Å². The van der Waals surface area contributed by atoms with Crippen LogP contribution >= 0.6 is 0 Å². The van der Waals surface area contributed by atoms with Crippen LogP contribution in [-0.4, -0.2) is 65.0 Å². The van der Waals surface area contributed by atoms with E-state index in [4.69, 9.17) is 5.11 Å². The fraction of sp³-hybridized carbons (Fsp3) is 0.292. The lowest BCUT2D eigenvalue weighted by Crippen LogP contribution is -2.47. The van der Waals surface area contributed by atoms with Crippen molar-refractivity contribution in [1.82, 2.24) is 14.7 Å². The molecule has 3 aromatic rings. The monoisotopic (exact) mass is 430 g/mol. The number of carbonyl (C=O) groups is 1. The molecule has 0 saturated carbocycles. The SMILES string of the molecule is Cc1c(C(=O)Nc2ccc(N3CCN(CCO)CC3)c(C#N)c2)cnn1-c1ccccc1. The summed E-state index contributed by atoms with van der Waals surface area (Å²) in [7, 11) is 0. The molecule has 1 fully saturated rings. The largest absolute Gasteiger partial charge is 0.395 e. The molecule has 2 N–H and O–H groups in total. The van der Waals surface area contributed by atoms with Gasteiger partial charge in [0.1, 0.15) is 6.07 Å². The molecule has 1 saturated heterocycles. The Bertz CT molecular complexity index is 1130. The number of piperazine rings is 1. The van der Waals surface area contributed by atoms with Crippen LogP contribution in [0.4, 0.5) is 11.4 Å². The van der Waals surface area contributed by atoms with Gasteiger partial charge in [0, 0.05) is 38.4 Å². The number of nitrogens with zero attached hydrogens (tertiary/aromatic N) is 5. The third kappa shape index (κ3) is 4.49. The second-order valence-electron chi connectivity index (χ2n) is 7.74. The van der Waals surface area contributed by atoms with Crippen molar-refractivity contribution in [1.29, 1.82) is 5.26 Å². The van der Waals surface area contributed by atoms with E-state index < -0.39 is 0 Å². The average Bonchev–Trinajstić information content (AvgIpc) is 3.22. The number of amides is 1. The van der Waals surface area contributed by atoms with Crippen LogP contribution in [0.5, 0.6) is 0 Å². The van der Waals surface area contributed by atoms with E-state index in [9.17, 15) is 10.1 Å². The van der Waals surface area contributed by atoms with Crippen molar-refractivity contribution in [2.75, 3.05) is 49.5 Å². The maximum atomic E-state index is 12.9. The Morgan fingerprint density at radius 2 is 1.91 bits per heavy atom. The first-order valence-corrected chi connectivity index (χ1v) is 10.6. The highest BCUT2D eigenvalue weighted by Gasteiger charge is 2.20. The minimum atomic E-state index is -0.265. The highest BCUT2D eigenvalue weighted by Crippen LogP contribution is 2.25. The number of aliphatic hydroxyl groups is 1. The number of nitriles is 1. The molecule has 32 heavy (non-hydrogen) atoms. The van der Waals surface area contributed by atoms with Crippen LogP contribution in [0, 0.1) is 18.3 Å². The van der Waals surface area contributed by atoms with Gasteiger partial charge in [0.15, 0.2) is 0 Å². The van der Waals surface area contributed by atoms with Crippen molar-refractivity contribution in [3.63, 3.8) is 0 Å². The first-order valence-electron chi connectivity index (χ1n) is 10.6. The van der Waals surface area contributed by atoms with Gasteiger partial charge >= 0.3 is 0 Å². The van der Waals surface area contributed by atoms with E-state index >= 15 is 0 Å². The Hall–Kier alpha value is -3.67. The highest BCUT2D eigenvalue weighted by molar-refractivity contribution is 6.05. The van der Waals surface area contributed by atoms with Crippen LogP contribution in [0.3, 0.4) is 0 Å². The van der Waals surface area contributed by atoms with Crippen molar-refractivity contribution in [3.8, 4) is 11.8 Å². The second-order valence-corrected chi connectivity index (χ2v) is 7.74. The molecule has 1 amide bonds. The molecule has 2 aromatic carbocycles. The predicted octanol–water partition coefficient (Wildman–Crippen LogP) is 2.42. The summed E-state index contributed by atoms with van der Waals surface area (Å²) >= 11 is 0.